The normalized spacial score (nSPS) is 10.4. The summed E-state index contributed by atoms with van der Waals surface area (Å²) < 4.78 is 6.30. The molecule has 0 radical (unpaired) electrons. The first-order valence-corrected chi connectivity index (χ1v) is 7.34. The van der Waals surface area contributed by atoms with Gasteiger partial charge in [-0.05, 0) is 24.6 Å². The Morgan fingerprint density at radius 3 is 2.70 bits per heavy atom. The van der Waals surface area contributed by atoms with Gasteiger partial charge >= 0.3 is 5.97 Å². The number of hydrogen-bond donors (Lipinski definition) is 0. The van der Waals surface area contributed by atoms with Crippen molar-refractivity contribution in [3.05, 3.63) is 51.8 Å². The Hall–Kier alpha value is -2.47. The van der Waals surface area contributed by atoms with Crippen LogP contribution in [0.25, 0.3) is 0 Å². The van der Waals surface area contributed by atoms with Crippen LogP contribution in [0.4, 0.5) is 0 Å². The maximum Gasteiger partial charge on any atom is 0.338 e. The van der Waals surface area contributed by atoms with E-state index in [9.17, 15) is 14.4 Å². The molecule has 2 rings (SSSR count). The SMILES string of the molecule is CCOC(=O)c1cccc(Cn2nc(C(C)=O)c(C=O)c2Cl)c1. The van der Waals surface area contributed by atoms with Gasteiger partial charge in [0.2, 0.25) is 0 Å². The maximum atomic E-state index is 11.7. The van der Waals surface area contributed by atoms with Crippen LogP contribution >= 0.6 is 11.6 Å². The molecule has 0 aliphatic rings. The first-order chi connectivity index (χ1) is 11.0. The average molecular weight is 335 g/mol. The molecule has 0 atom stereocenters. The number of aldehydes is 1. The molecule has 0 spiro atoms. The van der Waals surface area contributed by atoms with E-state index in [4.69, 9.17) is 16.3 Å². The summed E-state index contributed by atoms with van der Waals surface area (Å²) in [6, 6.07) is 6.80. The number of halogens is 1. The van der Waals surface area contributed by atoms with Crippen LogP contribution in [0.2, 0.25) is 5.15 Å². The molecule has 0 saturated carbocycles. The van der Waals surface area contributed by atoms with Gasteiger partial charge in [0.15, 0.2) is 12.1 Å². The van der Waals surface area contributed by atoms with Crippen molar-refractivity contribution in [1.29, 1.82) is 0 Å². The molecule has 0 N–H and O–H groups in total. The van der Waals surface area contributed by atoms with E-state index < -0.39 is 5.97 Å². The summed E-state index contributed by atoms with van der Waals surface area (Å²) in [4.78, 5) is 34.3. The van der Waals surface area contributed by atoms with Crippen LogP contribution in [0.5, 0.6) is 0 Å². The first kappa shape index (κ1) is 16.9. The number of ether oxygens (including phenoxy) is 1. The van der Waals surface area contributed by atoms with Gasteiger partial charge in [-0.1, -0.05) is 23.7 Å². The molecule has 0 bridgehead atoms. The third kappa shape index (κ3) is 3.65. The second-order valence-corrected chi connectivity index (χ2v) is 5.16. The van der Waals surface area contributed by atoms with Gasteiger partial charge in [0.25, 0.3) is 0 Å². The lowest BCUT2D eigenvalue weighted by atomic mass is 10.1. The number of Topliss-reactive ketones (excluding diaryl/α,β-unsaturated/α-hetero) is 1. The fraction of sp³-hybridized carbons (Fsp3) is 0.250. The summed E-state index contributed by atoms with van der Waals surface area (Å²) in [5.41, 5.74) is 1.26. The number of carbonyl (C=O) groups is 3. The Bertz CT molecular complexity index is 767. The number of aromatic nitrogens is 2. The Morgan fingerprint density at radius 2 is 2.13 bits per heavy atom. The smallest absolute Gasteiger partial charge is 0.338 e. The van der Waals surface area contributed by atoms with Crippen LogP contribution in [-0.4, -0.2) is 34.4 Å². The molecule has 1 aromatic carbocycles. The lowest BCUT2D eigenvalue weighted by Crippen LogP contribution is -2.07. The molecule has 0 fully saturated rings. The Morgan fingerprint density at radius 1 is 1.39 bits per heavy atom. The van der Waals surface area contributed by atoms with Crippen molar-refractivity contribution >= 4 is 29.6 Å². The van der Waals surface area contributed by atoms with E-state index in [2.05, 4.69) is 5.10 Å². The number of carbonyl (C=O) groups excluding carboxylic acids is 3. The molecule has 0 amide bonds. The molecule has 2 aromatic rings. The van der Waals surface area contributed by atoms with Gasteiger partial charge < -0.3 is 4.74 Å². The molecule has 6 nitrogen and oxygen atoms in total. The van der Waals surface area contributed by atoms with E-state index >= 15 is 0 Å². The van der Waals surface area contributed by atoms with Crippen molar-refractivity contribution in [3.63, 3.8) is 0 Å². The van der Waals surface area contributed by atoms with Gasteiger partial charge in [0, 0.05) is 6.92 Å². The van der Waals surface area contributed by atoms with Crippen LogP contribution in [0, 0.1) is 0 Å². The second kappa shape index (κ2) is 7.19. The second-order valence-electron chi connectivity index (χ2n) is 4.81. The fourth-order valence-corrected chi connectivity index (χ4v) is 2.34. The predicted octanol–water partition coefficient (Wildman–Crippen LogP) is 2.78. The van der Waals surface area contributed by atoms with E-state index in [1.54, 1.807) is 31.2 Å². The molecule has 7 heteroatoms. The van der Waals surface area contributed by atoms with Gasteiger partial charge in [-0.2, -0.15) is 5.10 Å². The maximum absolute atomic E-state index is 11.7. The highest BCUT2D eigenvalue weighted by Gasteiger charge is 2.19. The summed E-state index contributed by atoms with van der Waals surface area (Å²) in [5, 5.41) is 4.16. The zero-order valence-corrected chi connectivity index (χ0v) is 13.5. The lowest BCUT2D eigenvalue weighted by Gasteiger charge is -2.06. The molecule has 120 valence electrons. The van der Waals surface area contributed by atoms with Crippen molar-refractivity contribution < 1.29 is 19.1 Å². The number of ketones is 1. The molecule has 0 aliphatic heterocycles. The largest absolute Gasteiger partial charge is 0.462 e. The minimum absolute atomic E-state index is 0.0338. The van der Waals surface area contributed by atoms with Crippen LogP contribution in [0.1, 0.15) is 50.6 Å². The molecular weight excluding hydrogens is 320 g/mol. The third-order valence-electron chi connectivity index (χ3n) is 3.15. The minimum Gasteiger partial charge on any atom is -0.462 e. The van der Waals surface area contributed by atoms with Gasteiger partial charge in [-0.3, -0.25) is 9.59 Å². The Balaban J connectivity index is 2.33. The summed E-state index contributed by atoms with van der Waals surface area (Å²) in [6.07, 6.45) is 0.512. The van der Waals surface area contributed by atoms with Crippen molar-refractivity contribution in [2.75, 3.05) is 6.61 Å². The van der Waals surface area contributed by atoms with Gasteiger partial charge in [0.05, 0.1) is 24.3 Å². The van der Waals surface area contributed by atoms with E-state index in [-0.39, 0.29) is 28.7 Å². The van der Waals surface area contributed by atoms with Crippen LogP contribution in [-0.2, 0) is 11.3 Å². The summed E-state index contributed by atoms with van der Waals surface area (Å²) >= 11 is 6.10. The van der Waals surface area contributed by atoms with Crippen LogP contribution in [0.15, 0.2) is 24.3 Å². The summed E-state index contributed by atoms with van der Waals surface area (Å²) in [7, 11) is 0. The number of esters is 1. The van der Waals surface area contributed by atoms with E-state index in [0.717, 1.165) is 5.56 Å². The van der Waals surface area contributed by atoms with Crippen molar-refractivity contribution in [3.8, 4) is 0 Å². The lowest BCUT2D eigenvalue weighted by molar-refractivity contribution is 0.0526. The van der Waals surface area contributed by atoms with E-state index in [1.807, 2.05) is 0 Å². The Labute approximate surface area is 138 Å². The molecule has 1 aromatic heterocycles. The van der Waals surface area contributed by atoms with Gasteiger partial charge in [-0.15, -0.1) is 0 Å². The highest BCUT2D eigenvalue weighted by atomic mass is 35.5. The molecular formula is C16H15ClN2O4. The summed E-state index contributed by atoms with van der Waals surface area (Å²) in [6.45, 7) is 3.56. The molecule has 0 unspecified atom stereocenters. The number of rotatable bonds is 6. The highest BCUT2D eigenvalue weighted by molar-refractivity contribution is 6.32. The monoisotopic (exact) mass is 334 g/mol. The average Bonchev–Trinajstić information content (AvgIpc) is 2.84. The quantitative estimate of drug-likeness (QED) is 0.461. The molecule has 1 heterocycles. The number of benzene rings is 1. The van der Waals surface area contributed by atoms with Crippen LogP contribution < -0.4 is 0 Å². The molecule has 0 aliphatic carbocycles. The highest BCUT2D eigenvalue weighted by Crippen LogP contribution is 2.20. The van der Waals surface area contributed by atoms with Gasteiger partial charge in [-0.25, -0.2) is 9.48 Å². The summed E-state index contributed by atoms with van der Waals surface area (Å²) in [5.74, 6) is -0.757. The fourth-order valence-electron chi connectivity index (χ4n) is 2.11. The van der Waals surface area contributed by atoms with Crippen LogP contribution in [0.3, 0.4) is 0 Å². The Kier molecular flexibility index (Phi) is 5.28. The standard InChI is InChI=1S/C16H15ClN2O4/c1-3-23-16(22)12-6-4-5-11(7-12)8-19-15(17)13(9-20)14(18-19)10(2)21/h4-7,9H,3,8H2,1-2H3. The van der Waals surface area contributed by atoms with Gasteiger partial charge in [0.1, 0.15) is 10.8 Å². The number of hydrogen-bond acceptors (Lipinski definition) is 5. The van der Waals surface area contributed by atoms with E-state index in [1.165, 1.54) is 11.6 Å². The first-order valence-electron chi connectivity index (χ1n) is 6.96. The topological polar surface area (TPSA) is 78.3 Å². The molecule has 0 saturated heterocycles. The minimum atomic E-state index is -0.418. The zero-order chi connectivity index (χ0) is 17.0. The number of nitrogens with zero attached hydrogens (tertiary/aromatic N) is 2. The predicted molar refractivity (Wildman–Crippen MR) is 84.1 cm³/mol. The molecule has 23 heavy (non-hydrogen) atoms. The van der Waals surface area contributed by atoms with Crippen molar-refractivity contribution in [2.24, 2.45) is 0 Å². The van der Waals surface area contributed by atoms with Crippen molar-refractivity contribution in [1.82, 2.24) is 9.78 Å². The van der Waals surface area contributed by atoms with E-state index in [0.29, 0.717) is 18.5 Å². The zero-order valence-electron chi connectivity index (χ0n) is 12.7. The third-order valence-corrected chi connectivity index (χ3v) is 3.55. The van der Waals surface area contributed by atoms with Crippen molar-refractivity contribution in [2.45, 2.75) is 20.4 Å².